The number of aromatic nitrogens is 4. The first-order valence-electron chi connectivity index (χ1n) is 15.8. The smallest absolute Gasteiger partial charge is 0.408 e. The maximum atomic E-state index is 13.5. The van der Waals surface area contributed by atoms with E-state index in [4.69, 9.17) is 24.5 Å². The van der Waals surface area contributed by atoms with E-state index < -0.39 is 30.1 Å². The van der Waals surface area contributed by atoms with Gasteiger partial charge in [-0.25, -0.2) is 19.3 Å². The first kappa shape index (κ1) is 31.3. The molecule has 2 aliphatic heterocycles. The highest BCUT2D eigenvalue weighted by molar-refractivity contribution is 5.81. The van der Waals surface area contributed by atoms with E-state index >= 15 is 0 Å². The average molecular weight is 629 g/mol. The van der Waals surface area contributed by atoms with E-state index in [0.717, 1.165) is 36.9 Å². The highest BCUT2D eigenvalue weighted by Gasteiger charge is 2.48. The van der Waals surface area contributed by atoms with E-state index in [-0.39, 0.29) is 31.3 Å². The number of imidazole rings is 1. The SMILES string of the molecule is CC1CCC(c2c(COC(=O)NCc3ccccc3)nc3nc(C4CCOCC4)c(C[C@H]4C[C@@H](C(F)(F)F)NC4=O)nn23)CC1. The lowest BCUT2D eigenvalue weighted by atomic mass is 9.81. The number of nitrogens with zero attached hydrogens (tertiary/aromatic N) is 4. The molecule has 3 fully saturated rings. The van der Waals surface area contributed by atoms with Crippen molar-refractivity contribution in [2.24, 2.45) is 11.8 Å². The van der Waals surface area contributed by atoms with E-state index in [9.17, 15) is 22.8 Å². The third-order valence-electron chi connectivity index (χ3n) is 9.36. The second kappa shape index (κ2) is 13.3. The number of halogens is 3. The quantitative estimate of drug-likeness (QED) is 0.345. The van der Waals surface area contributed by atoms with Crippen LogP contribution in [-0.4, -0.2) is 57.0 Å². The normalized spacial score (nSPS) is 24.5. The molecule has 1 aromatic carbocycles. The lowest BCUT2D eigenvalue weighted by Crippen LogP contribution is -2.38. The first-order chi connectivity index (χ1) is 21.7. The highest BCUT2D eigenvalue weighted by atomic mass is 19.4. The Kier molecular flexibility index (Phi) is 9.25. The van der Waals surface area contributed by atoms with Gasteiger partial charge in [-0.15, -0.1) is 0 Å². The van der Waals surface area contributed by atoms with Crippen LogP contribution in [0.25, 0.3) is 5.78 Å². The molecule has 2 saturated heterocycles. The molecule has 45 heavy (non-hydrogen) atoms. The molecule has 10 nitrogen and oxygen atoms in total. The van der Waals surface area contributed by atoms with Crippen molar-refractivity contribution in [3.63, 3.8) is 0 Å². The zero-order chi connectivity index (χ0) is 31.6. The number of amides is 2. The predicted octanol–water partition coefficient (Wildman–Crippen LogP) is 5.35. The molecule has 242 valence electrons. The molecular formula is C32H39F3N6O4. The maximum absolute atomic E-state index is 13.5. The van der Waals surface area contributed by atoms with Gasteiger partial charge in [0.25, 0.3) is 5.78 Å². The summed E-state index contributed by atoms with van der Waals surface area (Å²) < 4.78 is 53.3. The number of alkyl halides is 3. The third kappa shape index (κ3) is 7.23. The van der Waals surface area contributed by atoms with Crippen LogP contribution >= 0.6 is 0 Å². The second-order valence-corrected chi connectivity index (χ2v) is 12.6. The fraction of sp³-hybridized carbons (Fsp3) is 0.594. The topological polar surface area (TPSA) is 120 Å². The average Bonchev–Trinajstić information content (AvgIpc) is 3.59. The van der Waals surface area contributed by atoms with E-state index in [1.165, 1.54) is 0 Å². The Bertz CT molecular complexity index is 1500. The minimum atomic E-state index is -4.51. The van der Waals surface area contributed by atoms with Gasteiger partial charge in [-0.1, -0.05) is 50.1 Å². The number of carbonyl (C=O) groups is 2. The van der Waals surface area contributed by atoms with Gasteiger partial charge in [0, 0.05) is 43.9 Å². The van der Waals surface area contributed by atoms with Crippen LogP contribution in [0.4, 0.5) is 18.0 Å². The van der Waals surface area contributed by atoms with Crippen molar-refractivity contribution < 1.29 is 32.2 Å². The zero-order valence-corrected chi connectivity index (χ0v) is 25.3. The van der Waals surface area contributed by atoms with Crippen molar-refractivity contribution in [2.75, 3.05) is 13.2 Å². The Balaban J connectivity index is 1.32. The summed E-state index contributed by atoms with van der Waals surface area (Å²) in [5.74, 6) is -0.467. The summed E-state index contributed by atoms with van der Waals surface area (Å²) >= 11 is 0. The molecule has 2 amide bonds. The highest BCUT2D eigenvalue weighted by Crippen LogP contribution is 2.39. The number of rotatable bonds is 8. The third-order valence-corrected chi connectivity index (χ3v) is 9.36. The van der Waals surface area contributed by atoms with Crippen LogP contribution in [0, 0.1) is 11.8 Å². The molecule has 2 atom stereocenters. The Morgan fingerprint density at radius 1 is 1.04 bits per heavy atom. The fourth-order valence-corrected chi connectivity index (χ4v) is 6.78. The summed E-state index contributed by atoms with van der Waals surface area (Å²) in [6.45, 7) is 3.55. The van der Waals surface area contributed by atoms with Crippen molar-refractivity contribution in [3.8, 4) is 0 Å². The Labute approximate surface area is 259 Å². The molecule has 4 heterocycles. The van der Waals surface area contributed by atoms with Gasteiger partial charge in [-0.05, 0) is 43.6 Å². The number of benzene rings is 1. The summed E-state index contributed by atoms with van der Waals surface area (Å²) in [5.41, 5.74) is 3.47. The van der Waals surface area contributed by atoms with E-state index in [2.05, 4.69) is 17.6 Å². The van der Waals surface area contributed by atoms with Crippen LogP contribution in [0.2, 0.25) is 0 Å². The number of ether oxygens (including phenoxy) is 2. The summed E-state index contributed by atoms with van der Waals surface area (Å²) in [7, 11) is 0. The maximum Gasteiger partial charge on any atom is 0.408 e. The zero-order valence-electron chi connectivity index (χ0n) is 25.3. The van der Waals surface area contributed by atoms with Crippen molar-refractivity contribution in [2.45, 2.75) is 95.5 Å². The number of hydrogen-bond donors (Lipinski definition) is 2. The summed E-state index contributed by atoms with van der Waals surface area (Å²) in [5, 5.41) is 9.87. The van der Waals surface area contributed by atoms with E-state index in [0.29, 0.717) is 61.4 Å². The van der Waals surface area contributed by atoms with Crippen LogP contribution in [0.3, 0.4) is 0 Å². The van der Waals surface area contributed by atoms with Crippen LogP contribution in [0.5, 0.6) is 0 Å². The fourth-order valence-electron chi connectivity index (χ4n) is 6.78. The minimum Gasteiger partial charge on any atom is -0.443 e. The van der Waals surface area contributed by atoms with Gasteiger partial charge < -0.3 is 20.1 Å². The molecule has 1 saturated carbocycles. The molecule has 3 aromatic rings. The number of carbonyl (C=O) groups excluding carboxylic acids is 2. The molecule has 2 N–H and O–H groups in total. The van der Waals surface area contributed by atoms with Gasteiger partial charge in [0.05, 0.1) is 17.1 Å². The molecule has 1 aliphatic carbocycles. The van der Waals surface area contributed by atoms with Crippen LogP contribution in [-0.2, 0) is 33.8 Å². The van der Waals surface area contributed by atoms with Crippen LogP contribution in [0.15, 0.2) is 30.3 Å². The Hall–Kier alpha value is -3.74. The van der Waals surface area contributed by atoms with E-state index in [1.54, 1.807) is 4.52 Å². The van der Waals surface area contributed by atoms with Gasteiger partial charge in [-0.3, -0.25) is 4.79 Å². The second-order valence-electron chi connectivity index (χ2n) is 12.6. The largest absolute Gasteiger partial charge is 0.443 e. The summed E-state index contributed by atoms with van der Waals surface area (Å²) in [4.78, 5) is 35.1. The number of alkyl carbamates (subject to hydrolysis) is 1. The monoisotopic (exact) mass is 628 g/mol. The predicted molar refractivity (Wildman–Crippen MR) is 157 cm³/mol. The van der Waals surface area contributed by atoms with E-state index in [1.807, 2.05) is 30.3 Å². The van der Waals surface area contributed by atoms with Gasteiger partial charge in [-0.2, -0.15) is 18.3 Å². The molecule has 0 unspecified atom stereocenters. The van der Waals surface area contributed by atoms with Gasteiger partial charge in [0.2, 0.25) is 5.91 Å². The summed E-state index contributed by atoms with van der Waals surface area (Å²) in [6.07, 6.45) is -0.161. The van der Waals surface area contributed by atoms with Crippen LogP contribution < -0.4 is 10.6 Å². The standard InChI is InChI=1S/C32H39F3N6O4/c1-19-7-9-22(10-8-19)28-25(18-45-31(43)36-17-20-5-3-2-4-6-20)37-30-39-27(21-11-13-44-14-12-21)24(40-41(28)30)15-23-16-26(32(33,34)35)38-29(23)42/h2-6,19,21-23,26H,7-18H2,1H3,(H,36,43)(H,38,42)/t19?,22?,23-,26-/m0/s1. The molecule has 13 heteroatoms. The molecule has 2 aromatic heterocycles. The van der Waals surface area contributed by atoms with Crippen molar-refractivity contribution in [1.82, 2.24) is 30.2 Å². The number of nitrogens with one attached hydrogen (secondary N) is 2. The lowest BCUT2D eigenvalue weighted by Gasteiger charge is -2.27. The summed E-state index contributed by atoms with van der Waals surface area (Å²) in [6, 6.07) is 7.65. The van der Waals surface area contributed by atoms with Crippen molar-refractivity contribution in [3.05, 3.63) is 58.7 Å². The van der Waals surface area contributed by atoms with Crippen LogP contribution in [0.1, 0.15) is 92.0 Å². The van der Waals surface area contributed by atoms with Gasteiger partial charge in [0.15, 0.2) is 0 Å². The lowest BCUT2D eigenvalue weighted by molar-refractivity contribution is -0.154. The van der Waals surface area contributed by atoms with Gasteiger partial charge >= 0.3 is 12.3 Å². The molecule has 0 radical (unpaired) electrons. The van der Waals surface area contributed by atoms with Gasteiger partial charge in [0.1, 0.15) is 18.3 Å². The molecular weight excluding hydrogens is 589 g/mol. The number of fused-ring (bicyclic) bond motifs is 1. The molecule has 0 spiro atoms. The molecule has 0 bridgehead atoms. The first-order valence-corrected chi connectivity index (χ1v) is 15.8. The molecule has 6 rings (SSSR count). The number of hydrogen-bond acceptors (Lipinski definition) is 7. The Morgan fingerprint density at radius 2 is 1.78 bits per heavy atom. The minimum absolute atomic E-state index is 0.0201. The van der Waals surface area contributed by atoms with Crippen molar-refractivity contribution in [1.29, 1.82) is 0 Å². The Morgan fingerprint density at radius 3 is 2.47 bits per heavy atom. The van der Waals surface area contributed by atoms with Crippen molar-refractivity contribution >= 4 is 17.8 Å². The molecule has 3 aliphatic rings.